The Bertz CT molecular complexity index is 1600. The van der Waals surface area contributed by atoms with Crippen LogP contribution in [0.4, 0.5) is 0 Å². The van der Waals surface area contributed by atoms with Crippen molar-refractivity contribution in [1.29, 1.82) is 0 Å². The van der Waals surface area contributed by atoms with Gasteiger partial charge in [-0.1, -0.05) is 84.9 Å². The molecular weight excluding hydrogens is 512 g/mol. The third-order valence-electron chi connectivity index (χ3n) is 5.87. The lowest BCUT2D eigenvalue weighted by atomic mass is 10.0. The SMILES string of the molecule is COO[n+]1onc(C(=O)c2cccc(OCc3ccccc3)c2)c1C(=O)c1cccc(OCc2ccccc2)c1. The molecular formula is C31H25N2O7+. The molecule has 40 heavy (non-hydrogen) atoms. The van der Waals surface area contributed by atoms with Gasteiger partial charge >= 0.3 is 11.4 Å². The van der Waals surface area contributed by atoms with Gasteiger partial charge in [-0.15, -0.1) is 9.88 Å². The average Bonchev–Trinajstić information content (AvgIpc) is 3.43. The highest BCUT2D eigenvalue weighted by Crippen LogP contribution is 2.21. The fraction of sp³-hybridized carbons (Fsp3) is 0.0968. The predicted molar refractivity (Wildman–Crippen MR) is 142 cm³/mol. The molecule has 0 aliphatic carbocycles. The molecule has 5 rings (SSSR count). The summed E-state index contributed by atoms with van der Waals surface area (Å²) in [6, 6.07) is 32.5. The van der Waals surface area contributed by atoms with Gasteiger partial charge in [-0.3, -0.25) is 9.59 Å². The van der Waals surface area contributed by atoms with E-state index in [-0.39, 0.29) is 22.5 Å². The summed E-state index contributed by atoms with van der Waals surface area (Å²) in [6.07, 6.45) is 0. The number of ketones is 2. The van der Waals surface area contributed by atoms with Gasteiger partial charge in [0.1, 0.15) is 24.7 Å². The Balaban J connectivity index is 1.38. The van der Waals surface area contributed by atoms with Crippen LogP contribution in [-0.2, 0) is 18.1 Å². The molecule has 0 bridgehead atoms. The topological polar surface area (TPSA) is 101 Å². The van der Waals surface area contributed by atoms with Crippen LogP contribution in [0.15, 0.2) is 114 Å². The minimum absolute atomic E-state index is 0.233. The molecule has 4 aromatic carbocycles. The van der Waals surface area contributed by atoms with Crippen LogP contribution < -0.4 is 19.4 Å². The lowest BCUT2D eigenvalue weighted by Gasteiger charge is -2.08. The van der Waals surface area contributed by atoms with Crippen LogP contribution in [0.2, 0.25) is 0 Å². The highest BCUT2D eigenvalue weighted by atomic mass is 17.3. The molecule has 0 spiro atoms. The smallest absolute Gasteiger partial charge is 0.330 e. The Morgan fingerprint density at radius 2 is 1.23 bits per heavy atom. The molecule has 5 aromatic rings. The van der Waals surface area contributed by atoms with Gasteiger partial charge in [0, 0.05) is 11.1 Å². The molecule has 0 N–H and O–H groups in total. The second-order valence-corrected chi connectivity index (χ2v) is 8.63. The van der Waals surface area contributed by atoms with E-state index in [2.05, 4.69) is 10.0 Å². The second kappa shape index (κ2) is 12.5. The van der Waals surface area contributed by atoms with Crippen molar-refractivity contribution in [2.24, 2.45) is 0 Å². The molecule has 1 aromatic heterocycles. The third kappa shape index (κ3) is 6.23. The predicted octanol–water partition coefficient (Wildman–Crippen LogP) is 4.57. The van der Waals surface area contributed by atoms with E-state index in [1.807, 2.05) is 60.7 Å². The molecule has 9 heteroatoms. The first-order chi connectivity index (χ1) is 19.6. The largest absolute Gasteiger partial charge is 0.489 e. The fourth-order valence-corrected chi connectivity index (χ4v) is 3.92. The van der Waals surface area contributed by atoms with E-state index in [1.54, 1.807) is 48.5 Å². The van der Waals surface area contributed by atoms with E-state index in [0.717, 1.165) is 11.1 Å². The molecule has 0 atom stereocenters. The molecule has 0 saturated carbocycles. The van der Waals surface area contributed by atoms with Gasteiger partial charge in [-0.2, -0.15) is 0 Å². The van der Waals surface area contributed by atoms with Crippen molar-refractivity contribution in [3.63, 3.8) is 0 Å². The molecule has 9 nitrogen and oxygen atoms in total. The summed E-state index contributed by atoms with van der Waals surface area (Å²) < 4.78 is 16.8. The average molecular weight is 538 g/mol. The van der Waals surface area contributed by atoms with E-state index in [9.17, 15) is 9.59 Å². The molecule has 1 heterocycles. The summed E-state index contributed by atoms with van der Waals surface area (Å²) in [5.74, 6) is -0.188. The molecule has 200 valence electrons. The van der Waals surface area contributed by atoms with Crippen LogP contribution in [-0.4, -0.2) is 23.8 Å². The molecule has 0 aliphatic rings. The Hall–Kier alpha value is -5.28. The van der Waals surface area contributed by atoms with Gasteiger partial charge in [0.05, 0.1) is 7.11 Å². The van der Waals surface area contributed by atoms with Crippen molar-refractivity contribution in [2.45, 2.75) is 13.2 Å². The van der Waals surface area contributed by atoms with Crippen LogP contribution in [0.3, 0.4) is 0 Å². The minimum atomic E-state index is -0.580. The van der Waals surface area contributed by atoms with Crippen molar-refractivity contribution in [3.05, 3.63) is 143 Å². The number of nitrogens with zero attached hydrogens (tertiary/aromatic N) is 2. The minimum Gasteiger partial charge on any atom is -0.489 e. The van der Waals surface area contributed by atoms with E-state index in [0.29, 0.717) is 29.6 Å². The van der Waals surface area contributed by atoms with Crippen LogP contribution in [0.1, 0.15) is 43.2 Å². The van der Waals surface area contributed by atoms with E-state index in [4.69, 9.17) is 19.1 Å². The normalized spacial score (nSPS) is 10.6. The molecule has 0 fully saturated rings. The zero-order valence-corrected chi connectivity index (χ0v) is 21.6. The van der Waals surface area contributed by atoms with Gasteiger partial charge in [0.25, 0.3) is 0 Å². The highest BCUT2D eigenvalue weighted by molar-refractivity contribution is 6.17. The monoisotopic (exact) mass is 537 g/mol. The summed E-state index contributed by atoms with van der Waals surface area (Å²) in [5.41, 5.74) is 1.94. The number of aromatic nitrogens is 2. The number of carbonyl (C=O) groups is 2. The fourth-order valence-electron chi connectivity index (χ4n) is 3.92. The number of hydrogen-bond donors (Lipinski definition) is 0. The number of ether oxygens (including phenoxy) is 2. The molecule has 0 amide bonds. The molecule has 0 unspecified atom stereocenters. The zero-order valence-electron chi connectivity index (χ0n) is 21.6. The van der Waals surface area contributed by atoms with Gasteiger partial charge in [-0.05, 0) is 40.0 Å². The van der Waals surface area contributed by atoms with Crippen LogP contribution >= 0.6 is 0 Å². The molecule has 0 saturated heterocycles. The van der Waals surface area contributed by atoms with Crippen LogP contribution in [0.25, 0.3) is 0 Å². The van der Waals surface area contributed by atoms with Gasteiger partial charge in [0.2, 0.25) is 11.6 Å². The first kappa shape index (κ1) is 26.3. The van der Waals surface area contributed by atoms with Crippen molar-refractivity contribution < 1.29 is 38.5 Å². The maximum atomic E-state index is 13.6. The number of carbonyl (C=O) groups excluding carboxylic acids is 2. The summed E-state index contributed by atoms with van der Waals surface area (Å²) in [5, 5.41) is 3.82. The van der Waals surface area contributed by atoms with Crippen LogP contribution in [0.5, 0.6) is 11.5 Å². The zero-order chi connectivity index (χ0) is 27.7. The maximum absolute atomic E-state index is 13.6. The first-order valence-corrected chi connectivity index (χ1v) is 12.4. The van der Waals surface area contributed by atoms with Crippen molar-refractivity contribution in [3.8, 4) is 11.5 Å². The summed E-state index contributed by atoms with van der Waals surface area (Å²) >= 11 is 0. The third-order valence-corrected chi connectivity index (χ3v) is 5.87. The number of hydrogen-bond acceptors (Lipinski definition) is 8. The highest BCUT2D eigenvalue weighted by Gasteiger charge is 2.39. The van der Waals surface area contributed by atoms with Gasteiger partial charge in [0.15, 0.2) is 10.1 Å². The summed E-state index contributed by atoms with van der Waals surface area (Å²) in [4.78, 5) is 37.4. The van der Waals surface area contributed by atoms with Crippen molar-refractivity contribution in [2.75, 3.05) is 7.11 Å². The summed E-state index contributed by atoms with van der Waals surface area (Å²) in [7, 11) is 1.23. The second-order valence-electron chi connectivity index (χ2n) is 8.63. The quantitative estimate of drug-likeness (QED) is 0.130. The van der Waals surface area contributed by atoms with E-state index >= 15 is 0 Å². The van der Waals surface area contributed by atoms with E-state index < -0.39 is 11.6 Å². The Labute approximate surface area is 229 Å². The van der Waals surface area contributed by atoms with Gasteiger partial charge < -0.3 is 9.47 Å². The lowest BCUT2D eigenvalue weighted by molar-refractivity contribution is -1.07. The Morgan fingerprint density at radius 3 is 1.75 bits per heavy atom. The van der Waals surface area contributed by atoms with Crippen molar-refractivity contribution in [1.82, 2.24) is 5.16 Å². The first-order valence-electron chi connectivity index (χ1n) is 12.4. The number of benzene rings is 4. The summed E-state index contributed by atoms with van der Waals surface area (Å²) in [6.45, 7) is 0.654. The van der Waals surface area contributed by atoms with E-state index in [1.165, 1.54) is 7.11 Å². The lowest BCUT2D eigenvalue weighted by Crippen LogP contribution is -2.46. The maximum Gasteiger partial charge on any atom is 0.330 e. The van der Waals surface area contributed by atoms with Crippen LogP contribution in [0, 0.1) is 0 Å². The molecule has 0 radical (unpaired) electrons. The van der Waals surface area contributed by atoms with Gasteiger partial charge in [-0.25, -0.2) is 0 Å². The Morgan fingerprint density at radius 1 is 0.700 bits per heavy atom. The molecule has 0 aliphatic heterocycles. The number of rotatable bonds is 12. The van der Waals surface area contributed by atoms with Crippen molar-refractivity contribution >= 4 is 11.6 Å². The standard InChI is InChI=1S/C31H25N2O7/c1-36-40-33-29(31(35)25-15-9-17-27(19-25)38-21-23-12-6-3-7-13-23)28(32-39-33)30(34)24-14-8-16-26(18-24)37-20-22-10-4-2-5-11-22/h2-19H,20-21H2,1H3/q+1. The Kier molecular flexibility index (Phi) is 8.24.